The van der Waals surface area contributed by atoms with Crippen LogP contribution >= 0.6 is 15.9 Å². The van der Waals surface area contributed by atoms with E-state index >= 15 is 0 Å². The zero-order chi connectivity index (χ0) is 12.1. The maximum Gasteiger partial charge on any atom is 0.236 e. The summed E-state index contributed by atoms with van der Waals surface area (Å²) in [5, 5.41) is 5.80. The van der Waals surface area contributed by atoms with Gasteiger partial charge in [0.05, 0.1) is 6.04 Å². The average molecular weight is 285 g/mol. The van der Waals surface area contributed by atoms with Gasteiger partial charge in [0, 0.05) is 18.1 Å². The molecule has 0 unspecified atom stereocenters. The monoisotopic (exact) mass is 284 g/mol. The molecule has 1 amide bonds. The number of rotatable bonds is 4. The molecule has 1 aromatic carbocycles. The van der Waals surface area contributed by atoms with Crippen LogP contribution in [0, 0.1) is 6.92 Å². The summed E-state index contributed by atoms with van der Waals surface area (Å²) in [6.07, 6.45) is 0. The summed E-state index contributed by atoms with van der Waals surface area (Å²) < 4.78 is 1.08. The molecule has 0 bridgehead atoms. The average Bonchev–Trinajstić information content (AvgIpc) is 2.26. The topological polar surface area (TPSA) is 41.1 Å². The number of carbonyl (C=O) groups is 1. The zero-order valence-electron chi connectivity index (χ0n) is 9.80. The van der Waals surface area contributed by atoms with Crippen LogP contribution in [0.25, 0.3) is 0 Å². The van der Waals surface area contributed by atoms with Gasteiger partial charge in [-0.05, 0) is 37.1 Å². The number of hydrogen-bond acceptors (Lipinski definition) is 2. The van der Waals surface area contributed by atoms with Gasteiger partial charge in [0.15, 0.2) is 0 Å². The Bertz CT molecular complexity index is 379. The van der Waals surface area contributed by atoms with Crippen LogP contribution in [0.4, 0.5) is 0 Å². The van der Waals surface area contributed by atoms with Crippen molar-refractivity contribution in [3.8, 4) is 0 Å². The highest BCUT2D eigenvalue weighted by atomic mass is 79.9. The Kier molecular flexibility index (Phi) is 4.96. The van der Waals surface area contributed by atoms with Crippen molar-refractivity contribution in [2.24, 2.45) is 0 Å². The number of hydrogen-bond donors (Lipinski definition) is 2. The van der Waals surface area contributed by atoms with E-state index in [1.54, 1.807) is 7.05 Å². The van der Waals surface area contributed by atoms with Gasteiger partial charge >= 0.3 is 0 Å². The Morgan fingerprint density at radius 1 is 1.50 bits per heavy atom. The second-order valence-corrected chi connectivity index (χ2v) is 4.70. The third-order valence-corrected chi connectivity index (χ3v) is 3.04. The first-order valence-electron chi connectivity index (χ1n) is 5.24. The van der Waals surface area contributed by atoms with Crippen molar-refractivity contribution >= 4 is 21.8 Å². The summed E-state index contributed by atoms with van der Waals surface area (Å²) in [5.41, 5.74) is 2.42. The van der Waals surface area contributed by atoms with Gasteiger partial charge in [0.25, 0.3) is 0 Å². The molecular weight excluding hydrogens is 268 g/mol. The number of halogens is 1. The van der Waals surface area contributed by atoms with Crippen molar-refractivity contribution in [2.45, 2.75) is 26.4 Å². The molecule has 0 aliphatic heterocycles. The minimum Gasteiger partial charge on any atom is -0.358 e. The minimum absolute atomic E-state index is 0.00904. The Morgan fingerprint density at radius 2 is 2.19 bits per heavy atom. The summed E-state index contributed by atoms with van der Waals surface area (Å²) in [6, 6.07) is 5.96. The van der Waals surface area contributed by atoms with Gasteiger partial charge in [0.2, 0.25) is 5.91 Å². The van der Waals surface area contributed by atoms with E-state index in [0.29, 0.717) is 6.54 Å². The second-order valence-electron chi connectivity index (χ2n) is 3.79. The number of amides is 1. The van der Waals surface area contributed by atoms with Crippen LogP contribution in [0.5, 0.6) is 0 Å². The highest BCUT2D eigenvalue weighted by Crippen LogP contribution is 2.15. The van der Waals surface area contributed by atoms with Gasteiger partial charge in [-0.2, -0.15) is 0 Å². The van der Waals surface area contributed by atoms with Crippen LogP contribution in [0.15, 0.2) is 22.7 Å². The van der Waals surface area contributed by atoms with E-state index in [1.165, 1.54) is 11.1 Å². The van der Waals surface area contributed by atoms with Crippen LogP contribution in [-0.2, 0) is 11.3 Å². The molecule has 0 aliphatic rings. The lowest BCUT2D eigenvalue weighted by Crippen LogP contribution is -2.40. The molecule has 0 saturated heterocycles. The third kappa shape index (κ3) is 3.61. The molecule has 1 atom stereocenters. The molecule has 2 N–H and O–H groups in total. The van der Waals surface area contributed by atoms with E-state index in [2.05, 4.69) is 45.6 Å². The fraction of sp³-hybridized carbons (Fsp3) is 0.417. The quantitative estimate of drug-likeness (QED) is 0.888. The normalized spacial score (nSPS) is 12.2. The highest BCUT2D eigenvalue weighted by Gasteiger charge is 2.10. The third-order valence-electron chi connectivity index (χ3n) is 2.54. The fourth-order valence-corrected chi connectivity index (χ4v) is 1.91. The number of aryl methyl sites for hydroxylation is 1. The standard InChI is InChI=1S/C12H17BrN2O/c1-8-6-11(13)5-4-10(8)7-15-9(2)12(16)14-3/h4-6,9,15H,7H2,1-3H3,(H,14,16)/t9-/m1/s1. The molecule has 0 spiro atoms. The summed E-state index contributed by atoms with van der Waals surface area (Å²) >= 11 is 3.43. The van der Waals surface area contributed by atoms with Crippen molar-refractivity contribution in [2.75, 3.05) is 7.05 Å². The van der Waals surface area contributed by atoms with Crippen molar-refractivity contribution in [1.29, 1.82) is 0 Å². The maximum absolute atomic E-state index is 11.3. The second kappa shape index (κ2) is 6.01. The summed E-state index contributed by atoms with van der Waals surface area (Å²) in [4.78, 5) is 11.3. The first kappa shape index (κ1) is 13.2. The van der Waals surface area contributed by atoms with Crippen molar-refractivity contribution in [1.82, 2.24) is 10.6 Å². The summed E-state index contributed by atoms with van der Waals surface area (Å²) in [7, 11) is 1.64. The molecule has 1 aromatic rings. The first-order chi connectivity index (χ1) is 7.54. The number of likely N-dealkylation sites (N-methyl/N-ethyl adjacent to an activating group) is 1. The molecular formula is C12H17BrN2O. The Hall–Kier alpha value is -0.870. The smallest absolute Gasteiger partial charge is 0.236 e. The molecule has 0 aromatic heterocycles. The molecule has 0 aliphatic carbocycles. The molecule has 16 heavy (non-hydrogen) atoms. The molecule has 4 heteroatoms. The number of benzene rings is 1. The largest absolute Gasteiger partial charge is 0.358 e. The minimum atomic E-state index is -0.173. The Labute approximate surface area is 105 Å². The van der Waals surface area contributed by atoms with E-state index in [0.717, 1.165) is 4.47 Å². The predicted molar refractivity (Wildman–Crippen MR) is 69.2 cm³/mol. The van der Waals surface area contributed by atoms with Crippen molar-refractivity contribution in [3.05, 3.63) is 33.8 Å². The van der Waals surface area contributed by atoms with Crippen LogP contribution in [0.1, 0.15) is 18.1 Å². The Morgan fingerprint density at radius 3 is 2.75 bits per heavy atom. The maximum atomic E-state index is 11.3. The molecule has 88 valence electrons. The fourth-order valence-electron chi connectivity index (χ4n) is 1.43. The predicted octanol–water partition coefficient (Wildman–Crippen LogP) is 1.98. The lowest BCUT2D eigenvalue weighted by Gasteiger charge is -2.13. The SMILES string of the molecule is CNC(=O)[C@@H](C)NCc1ccc(Br)cc1C. The zero-order valence-corrected chi connectivity index (χ0v) is 11.4. The molecule has 3 nitrogen and oxygen atoms in total. The van der Waals surface area contributed by atoms with Gasteiger partial charge in [-0.25, -0.2) is 0 Å². The van der Waals surface area contributed by atoms with E-state index < -0.39 is 0 Å². The first-order valence-corrected chi connectivity index (χ1v) is 6.04. The van der Waals surface area contributed by atoms with Crippen LogP contribution in [0.3, 0.4) is 0 Å². The summed E-state index contributed by atoms with van der Waals surface area (Å²) in [5.74, 6) is 0.00904. The van der Waals surface area contributed by atoms with E-state index in [4.69, 9.17) is 0 Å². The van der Waals surface area contributed by atoms with Crippen molar-refractivity contribution in [3.63, 3.8) is 0 Å². The number of carbonyl (C=O) groups excluding carboxylic acids is 1. The van der Waals surface area contributed by atoms with Crippen molar-refractivity contribution < 1.29 is 4.79 Å². The summed E-state index contributed by atoms with van der Waals surface area (Å²) in [6.45, 7) is 4.62. The number of nitrogens with one attached hydrogen (secondary N) is 2. The lowest BCUT2D eigenvalue weighted by atomic mass is 10.1. The molecule has 1 rings (SSSR count). The van der Waals surface area contributed by atoms with E-state index in [-0.39, 0.29) is 11.9 Å². The molecule has 0 heterocycles. The highest BCUT2D eigenvalue weighted by molar-refractivity contribution is 9.10. The van der Waals surface area contributed by atoms with Gasteiger partial charge in [-0.3, -0.25) is 4.79 Å². The van der Waals surface area contributed by atoms with Gasteiger partial charge in [-0.15, -0.1) is 0 Å². The van der Waals surface area contributed by atoms with Crippen LogP contribution < -0.4 is 10.6 Å². The molecule has 0 saturated carbocycles. The van der Waals surface area contributed by atoms with Crippen LogP contribution in [0.2, 0.25) is 0 Å². The molecule has 0 radical (unpaired) electrons. The van der Waals surface area contributed by atoms with Gasteiger partial charge < -0.3 is 10.6 Å². The van der Waals surface area contributed by atoms with E-state index in [1.807, 2.05) is 13.0 Å². The van der Waals surface area contributed by atoms with Gasteiger partial charge in [-0.1, -0.05) is 22.0 Å². The Balaban J connectivity index is 2.58. The van der Waals surface area contributed by atoms with E-state index in [9.17, 15) is 4.79 Å². The van der Waals surface area contributed by atoms with Crippen LogP contribution in [-0.4, -0.2) is 19.0 Å². The lowest BCUT2D eigenvalue weighted by molar-refractivity contribution is -0.122. The van der Waals surface area contributed by atoms with Gasteiger partial charge in [0.1, 0.15) is 0 Å². The molecule has 0 fully saturated rings.